The first-order valence-electron chi connectivity index (χ1n) is 16.5. The van der Waals surface area contributed by atoms with Crippen molar-refractivity contribution < 1.29 is 14.4 Å². The van der Waals surface area contributed by atoms with Gasteiger partial charge in [-0.25, -0.2) is 0 Å². The first-order chi connectivity index (χ1) is 17.6. The van der Waals surface area contributed by atoms with E-state index < -0.39 is 25.1 Å². The Morgan fingerprint density at radius 1 is 0.459 bits per heavy atom. The van der Waals surface area contributed by atoms with Gasteiger partial charge in [-0.1, -0.05) is 39.5 Å². The van der Waals surface area contributed by atoms with Crippen molar-refractivity contribution in [2.24, 2.45) is 0 Å². The summed E-state index contributed by atoms with van der Waals surface area (Å²) in [6.07, 6.45) is 32.6. The van der Waals surface area contributed by atoms with E-state index in [4.69, 9.17) is 0 Å². The van der Waals surface area contributed by atoms with E-state index in [1.165, 1.54) is 128 Å². The molecule has 2 N–H and O–H groups in total. The molecule has 0 spiro atoms. The predicted molar refractivity (Wildman–Crippen MR) is 170 cm³/mol. The molecule has 224 valence electrons. The second kappa shape index (κ2) is 23.4. The van der Waals surface area contributed by atoms with Crippen LogP contribution >= 0.6 is 7.60 Å². The van der Waals surface area contributed by atoms with E-state index in [2.05, 4.69) is 31.0 Å². The Morgan fingerprint density at radius 2 is 0.676 bits per heavy atom. The summed E-state index contributed by atoms with van der Waals surface area (Å²) in [5.41, 5.74) is 6.66. The first kappa shape index (κ1) is 37.7. The van der Waals surface area contributed by atoms with Crippen LogP contribution in [-0.4, -0.2) is 27.3 Å². The van der Waals surface area contributed by atoms with Crippen molar-refractivity contribution >= 4 is 21.1 Å². The summed E-state index contributed by atoms with van der Waals surface area (Å²) in [4.78, 5) is 21.1. The quantitative estimate of drug-likeness (QED) is 0.0528. The second-order valence-corrected chi connectivity index (χ2v) is 25.8. The Kier molecular flexibility index (Phi) is 23.9. The van der Waals surface area contributed by atoms with E-state index in [0.29, 0.717) is 0 Å². The molecule has 0 radical (unpaired) electrons. The number of unbranched alkanes of at least 4 members (excludes halogenated alkanes) is 22. The zero-order valence-electron chi connectivity index (χ0n) is 26.1. The molecule has 37 heavy (non-hydrogen) atoms. The Hall–Kier alpha value is 0.708. The van der Waals surface area contributed by atoms with Crippen molar-refractivity contribution in [1.82, 2.24) is 0 Å². The van der Waals surface area contributed by atoms with Gasteiger partial charge in [0.15, 0.2) is 0 Å². The Balaban J connectivity index is 4.23. The third-order valence-electron chi connectivity index (χ3n) is 8.65. The van der Waals surface area contributed by atoms with Gasteiger partial charge in [0.05, 0.1) is 0 Å². The molecule has 0 amide bonds. The van der Waals surface area contributed by atoms with Gasteiger partial charge in [-0.05, 0) is 0 Å². The van der Waals surface area contributed by atoms with Crippen molar-refractivity contribution in [3.8, 4) is 0 Å². The fourth-order valence-corrected chi connectivity index (χ4v) is 16.1. The average Bonchev–Trinajstić information content (AvgIpc) is 2.82. The summed E-state index contributed by atoms with van der Waals surface area (Å²) in [5, 5.41) is 0. The minimum atomic E-state index is -4.12. The molecule has 0 fully saturated rings. The van der Waals surface area contributed by atoms with Crippen LogP contribution in [0.25, 0.3) is 0 Å². The normalized spacial score (nSPS) is 12.9. The van der Waals surface area contributed by atoms with Gasteiger partial charge >= 0.3 is 198 Å². The molecule has 5 heteroatoms. The van der Waals surface area contributed by atoms with E-state index in [1.807, 2.05) is 0 Å². The van der Waals surface area contributed by atoms with Crippen LogP contribution in [0, 0.1) is 0 Å². The van der Waals surface area contributed by atoms with Crippen LogP contribution in [0.3, 0.4) is 0 Å². The summed E-state index contributed by atoms with van der Waals surface area (Å²) in [5.74, 6) is 0. The van der Waals surface area contributed by atoms with Crippen LogP contribution in [0.15, 0.2) is 0 Å². The standard InChI is InChI=1S/C32H68AsO3P/c1-6-8-10-12-14-16-18-20-22-24-26-28-30-32(33(3,4)5,37(34,35)36)31-29-27-25-23-21-19-17-15-13-11-9-7-2/h6-31H2,1-5H3,(H-,34,35,36)/p+1. The molecule has 0 saturated heterocycles. The van der Waals surface area contributed by atoms with E-state index >= 15 is 0 Å². The first-order valence-corrected chi connectivity index (χ1v) is 24.7. The SMILES string of the molecule is CCCCCCCCCCCCCCC(CCCCCCCCCCCCCC)(P(=O)(O)O)[As+](C)(C)C. The molecule has 0 rings (SSSR count). The average molecular weight is 608 g/mol. The summed E-state index contributed by atoms with van der Waals surface area (Å²) in [6.45, 7) is 4.54. The van der Waals surface area contributed by atoms with Crippen LogP contribution in [0.2, 0.25) is 17.1 Å². The van der Waals surface area contributed by atoms with E-state index in [-0.39, 0.29) is 0 Å². The molecular formula is C32H69AsO3P+. The summed E-state index contributed by atoms with van der Waals surface area (Å²) in [6, 6.07) is 0. The molecule has 0 saturated carbocycles. The Morgan fingerprint density at radius 3 is 0.865 bits per heavy atom. The van der Waals surface area contributed by atoms with Crippen molar-refractivity contribution in [2.75, 3.05) is 0 Å². The third-order valence-corrected chi connectivity index (χ3v) is 21.1. The van der Waals surface area contributed by atoms with Gasteiger partial charge in [-0.15, -0.1) is 0 Å². The van der Waals surface area contributed by atoms with Gasteiger partial charge in [0.1, 0.15) is 0 Å². The van der Waals surface area contributed by atoms with Crippen LogP contribution in [0.5, 0.6) is 0 Å². The monoisotopic (exact) mass is 607 g/mol. The molecule has 0 unspecified atom stereocenters. The zero-order chi connectivity index (χ0) is 27.9. The summed E-state index contributed by atoms with van der Waals surface area (Å²) >= 11 is -2.43. The van der Waals surface area contributed by atoms with Gasteiger partial charge < -0.3 is 0 Å². The third kappa shape index (κ3) is 18.6. The fraction of sp³-hybridized carbons (Fsp3) is 1.00. The molecular weight excluding hydrogens is 538 g/mol. The molecule has 0 aliphatic carbocycles. The molecule has 0 aliphatic rings. The Bertz CT molecular complexity index is 513. The summed E-state index contributed by atoms with van der Waals surface area (Å²) in [7, 11) is -4.12. The van der Waals surface area contributed by atoms with Crippen LogP contribution in [0.4, 0.5) is 0 Å². The predicted octanol–water partition coefficient (Wildman–Crippen LogP) is 12.0. The number of hydrogen-bond donors (Lipinski definition) is 2. The maximum absolute atomic E-state index is 12.9. The maximum atomic E-state index is 12.9. The van der Waals surface area contributed by atoms with E-state index in [0.717, 1.165) is 38.5 Å². The molecule has 0 aromatic carbocycles. The summed E-state index contributed by atoms with van der Waals surface area (Å²) < 4.78 is 12.2. The zero-order valence-corrected chi connectivity index (χ0v) is 28.9. The van der Waals surface area contributed by atoms with Gasteiger partial charge in [0, 0.05) is 0 Å². The van der Waals surface area contributed by atoms with E-state index in [1.54, 1.807) is 0 Å². The Labute approximate surface area is 236 Å². The van der Waals surface area contributed by atoms with Gasteiger partial charge in [-0.3, -0.25) is 0 Å². The van der Waals surface area contributed by atoms with Crippen molar-refractivity contribution in [3.05, 3.63) is 0 Å². The molecule has 0 atom stereocenters. The topological polar surface area (TPSA) is 57.5 Å². The molecule has 3 nitrogen and oxygen atoms in total. The van der Waals surface area contributed by atoms with Gasteiger partial charge in [0.25, 0.3) is 0 Å². The van der Waals surface area contributed by atoms with Crippen LogP contribution < -0.4 is 0 Å². The number of rotatable bonds is 28. The van der Waals surface area contributed by atoms with Crippen LogP contribution in [-0.2, 0) is 4.57 Å². The molecule has 0 aliphatic heterocycles. The van der Waals surface area contributed by atoms with Crippen molar-refractivity contribution in [2.45, 2.75) is 202 Å². The molecule has 0 aromatic heterocycles. The van der Waals surface area contributed by atoms with E-state index in [9.17, 15) is 14.4 Å². The molecule has 0 bridgehead atoms. The fourth-order valence-electron chi connectivity index (χ4n) is 5.98. The molecule has 0 aromatic rings. The second-order valence-electron chi connectivity index (χ2n) is 12.8. The van der Waals surface area contributed by atoms with Gasteiger partial charge in [-0.2, -0.15) is 0 Å². The molecule has 0 heterocycles. The minimum absolute atomic E-state index is 0.706. The van der Waals surface area contributed by atoms with Gasteiger partial charge in [0.2, 0.25) is 0 Å². The van der Waals surface area contributed by atoms with Crippen molar-refractivity contribution in [1.29, 1.82) is 0 Å². The van der Waals surface area contributed by atoms with Crippen LogP contribution in [0.1, 0.15) is 181 Å². The number of hydrogen-bond acceptors (Lipinski definition) is 1. The van der Waals surface area contributed by atoms with Crippen molar-refractivity contribution in [3.63, 3.8) is 0 Å².